The minimum absolute atomic E-state index is 0.0875. The van der Waals surface area contributed by atoms with Crippen molar-refractivity contribution in [3.05, 3.63) is 0 Å². The molecule has 0 aromatic heterocycles. The Bertz CT molecular complexity index is 198. The molecule has 0 saturated carbocycles. The molecule has 1 amide bonds. The van der Waals surface area contributed by atoms with E-state index in [0.29, 0.717) is 25.3 Å². The maximum atomic E-state index is 11.3. The summed E-state index contributed by atoms with van der Waals surface area (Å²) in [4.78, 5) is 11.3. The Morgan fingerprint density at radius 1 is 1.31 bits per heavy atom. The first-order valence-electron chi connectivity index (χ1n) is 6.01. The third-order valence-electron chi connectivity index (χ3n) is 2.15. The van der Waals surface area contributed by atoms with Crippen LogP contribution < -0.4 is 10.6 Å². The Balaban J connectivity index is 3.35. The highest BCUT2D eigenvalue weighted by molar-refractivity contribution is 5.76. The zero-order chi connectivity index (χ0) is 12.6. The third kappa shape index (κ3) is 11.5. The topological polar surface area (TPSA) is 61.4 Å². The summed E-state index contributed by atoms with van der Waals surface area (Å²) >= 11 is 0. The van der Waals surface area contributed by atoms with Crippen molar-refractivity contribution in [2.45, 2.75) is 46.1 Å². The molecule has 96 valence electrons. The minimum Gasteiger partial charge on any atom is -0.390 e. The predicted octanol–water partition coefficient (Wildman–Crippen LogP) is 0.899. The molecule has 0 rings (SSSR count). The van der Waals surface area contributed by atoms with E-state index in [2.05, 4.69) is 24.5 Å². The molecule has 0 heterocycles. The zero-order valence-electron chi connectivity index (χ0n) is 11.0. The lowest BCUT2D eigenvalue weighted by Crippen LogP contribution is -2.32. The molecule has 0 unspecified atom stereocenters. The quantitative estimate of drug-likeness (QED) is 0.543. The van der Waals surface area contributed by atoms with E-state index in [1.165, 1.54) is 0 Å². The van der Waals surface area contributed by atoms with Crippen LogP contribution >= 0.6 is 0 Å². The predicted molar refractivity (Wildman–Crippen MR) is 66.2 cm³/mol. The average Bonchev–Trinajstić information content (AvgIpc) is 2.12. The van der Waals surface area contributed by atoms with E-state index >= 15 is 0 Å². The molecule has 16 heavy (non-hydrogen) atoms. The van der Waals surface area contributed by atoms with E-state index in [9.17, 15) is 9.90 Å². The number of hydrogen-bond acceptors (Lipinski definition) is 3. The fourth-order valence-electron chi connectivity index (χ4n) is 1.13. The lowest BCUT2D eigenvalue weighted by molar-refractivity contribution is -0.121. The third-order valence-corrected chi connectivity index (χ3v) is 2.15. The largest absolute Gasteiger partial charge is 0.390 e. The molecule has 0 bridgehead atoms. The molecule has 4 heteroatoms. The fourth-order valence-corrected chi connectivity index (χ4v) is 1.13. The van der Waals surface area contributed by atoms with Gasteiger partial charge in [-0.15, -0.1) is 0 Å². The van der Waals surface area contributed by atoms with Crippen LogP contribution in [0.4, 0.5) is 0 Å². The summed E-state index contributed by atoms with van der Waals surface area (Å²) in [6.45, 7) is 9.85. The Kier molecular flexibility index (Phi) is 7.34. The van der Waals surface area contributed by atoms with Crippen LogP contribution in [0.2, 0.25) is 0 Å². The molecule has 0 radical (unpaired) electrons. The van der Waals surface area contributed by atoms with Gasteiger partial charge in [-0.25, -0.2) is 0 Å². The number of nitrogens with one attached hydrogen (secondary N) is 2. The molecule has 0 aromatic rings. The highest BCUT2D eigenvalue weighted by Gasteiger charge is 2.11. The van der Waals surface area contributed by atoms with Gasteiger partial charge in [0, 0.05) is 19.5 Å². The number of rotatable bonds is 8. The molecule has 4 nitrogen and oxygen atoms in total. The average molecular weight is 230 g/mol. The smallest absolute Gasteiger partial charge is 0.221 e. The molecular weight excluding hydrogens is 204 g/mol. The van der Waals surface area contributed by atoms with E-state index in [1.807, 2.05) is 0 Å². The van der Waals surface area contributed by atoms with Crippen LogP contribution in [0.25, 0.3) is 0 Å². The van der Waals surface area contributed by atoms with Gasteiger partial charge in [-0.1, -0.05) is 13.8 Å². The van der Waals surface area contributed by atoms with E-state index in [0.717, 1.165) is 13.1 Å². The first-order chi connectivity index (χ1) is 7.31. The van der Waals surface area contributed by atoms with Gasteiger partial charge in [0.2, 0.25) is 5.91 Å². The summed E-state index contributed by atoms with van der Waals surface area (Å²) in [5.41, 5.74) is -0.632. The Labute approximate surface area is 98.8 Å². The van der Waals surface area contributed by atoms with Crippen molar-refractivity contribution < 1.29 is 9.90 Å². The van der Waals surface area contributed by atoms with E-state index in [-0.39, 0.29) is 5.91 Å². The Morgan fingerprint density at radius 3 is 2.44 bits per heavy atom. The fraction of sp³-hybridized carbons (Fsp3) is 0.917. The standard InChI is InChI=1S/C12H26N2O2/c1-10(2)9-14-11(15)5-7-13-8-6-12(3,4)16/h10,13,16H,5-9H2,1-4H3,(H,14,15). The van der Waals surface area contributed by atoms with Crippen LogP contribution in [-0.4, -0.2) is 36.2 Å². The van der Waals surface area contributed by atoms with Gasteiger partial charge in [0.25, 0.3) is 0 Å². The van der Waals surface area contributed by atoms with Crippen LogP contribution in [0.3, 0.4) is 0 Å². The molecular formula is C12H26N2O2. The first-order valence-corrected chi connectivity index (χ1v) is 6.01. The molecule has 0 atom stereocenters. The van der Waals surface area contributed by atoms with Gasteiger partial charge < -0.3 is 15.7 Å². The second-order valence-electron chi connectivity index (χ2n) is 5.26. The summed E-state index contributed by atoms with van der Waals surface area (Å²) in [7, 11) is 0. The molecule has 0 aliphatic rings. The number of hydrogen-bond donors (Lipinski definition) is 3. The zero-order valence-corrected chi connectivity index (χ0v) is 11.0. The minimum atomic E-state index is -0.632. The van der Waals surface area contributed by atoms with Crippen molar-refractivity contribution in [3.8, 4) is 0 Å². The summed E-state index contributed by atoms with van der Waals surface area (Å²) in [5, 5.41) is 15.5. The van der Waals surface area contributed by atoms with Gasteiger partial charge in [0.15, 0.2) is 0 Å². The molecule has 0 fully saturated rings. The molecule has 3 N–H and O–H groups in total. The van der Waals surface area contributed by atoms with Gasteiger partial charge >= 0.3 is 0 Å². The van der Waals surface area contributed by atoms with Crippen LogP contribution in [0.1, 0.15) is 40.5 Å². The van der Waals surface area contributed by atoms with E-state index in [1.54, 1.807) is 13.8 Å². The Morgan fingerprint density at radius 2 is 1.94 bits per heavy atom. The maximum Gasteiger partial charge on any atom is 0.221 e. The first kappa shape index (κ1) is 15.4. The highest BCUT2D eigenvalue weighted by Crippen LogP contribution is 2.04. The molecule has 0 aromatic carbocycles. The lowest BCUT2D eigenvalue weighted by atomic mass is 10.1. The number of carbonyl (C=O) groups is 1. The maximum absolute atomic E-state index is 11.3. The molecule has 0 saturated heterocycles. The van der Waals surface area contributed by atoms with Gasteiger partial charge in [-0.05, 0) is 32.7 Å². The molecule has 0 aliphatic carbocycles. The SMILES string of the molecule is CC(C)CNC(=O)CCNCCC(C)(C)O. The van der Waals surface area contributed by atoms with Crippen molar-refractivity contribution in [1.82, 2.24) is 10.6 Å². The van der Waals surface area contributed by atoms with Gasteiger partial charge in [-0.2, -0.15) is 0 Å². The van der Waals surface area contributed by atoms with Crippen molar-refractivity contribution in [1.29, 1.82) is 0 Å². The van der Waals surface area contributed by atoms with Crippen LogP contribution in [-0.2, 0) is 4.79 Å². The van der Waals surface area contributed by atoms with Crippen molar-refractivity contribution >= 4 is 5.91 Å². The van der Waals surface area contributed by atoms with Crippen molar-refractivity contribution in [2.24, 2.45) is 5.92 Å². The Hall–Kier alpha value is -0.610. The second kappa shape index (κ2) is 7.63. The second-order valence-corrected chi connectivity index (χ2v) is 5.26. The van der Waals surface area contributed by atoms with Crippen molar-refractivity contribution in [2.75, 3.05) is 19.6 Å². The van der Waals surface area contributed by atoms with E-state index in [4.69, 9.17) is 0 Å². The monoisotopic (exact) mass is 230 g/mol. The van der Waals surface area contributed by atoms with Gasteiger partial charge in [-0.3, -0.25) is 4.79 Å². The lowest BCUT2D eigenvalue weighted by Gasteiger charge is -2.16. The summed E-state index contributed by atoms with van der Waals surface area (Å²) in [6, 6.07) is 0. The number of aliphatic hydroxyl groups is 1. The van der Waals surface area contributed by atoms with Crippen LogP contribution in [0.15, 0.2) is 0 Å². The molecule has 0 spiro atoms. The van der Waals surface area contributed by atoms with E-state index < -0.39 is 5.60 Å². The van der Waals surface area contributed by atoms with Crippen LogP contribution in [0, 0.1) is 5.92 Å². The van der Waals surface area contributed by atoms with Gasteiger partial charge in [0.05, 0.1) is 5.60 Å². The molecule has 0 aliphatic heterocycles. The van der Waals surface area contributed by atoms with Crippen LogP contribution in [0.5, 0.6) is 0 Å². The summed E-state index contributed by atoms with van der Waals surface area (Å²) < 4.78 is 0. The van der Waals surface area contributed by atoms with Crippen molar-refractivity contribution in [3.63, 3.8) is 0 Å². The normalized spacial score (nSPS) is 11.9. The summed E-state index contributed by atoms with van der Waals surface area (Å²) in [6.07, 6.45) is 1.19. The number of carbonyl (C=O) groups excluding carboxylic acids is 1. The summed E-state index contributed by atoms with van der Waals surface area (Å²) in [5.74, 6) is 0.580. The highest BCUT2D eigenvalue weighted by atomic mass is 16.3. The van der Waals surface area contributed by atoms with Gasteiger partial charge in [0.1, 0.15) is 0 Å². The number of amides is 1.